The summed E-state index contributed by atoms with van der Waals surface area (Å²) in [6.07, 6.45) is 4.89. The SMILES string of the molecule is C=CN(C=C)C(/C=N\C)=N\C. The van der Waals surface area contributed by atoms with E-state index in [0.29, 0.717) is 0 Å². The maximum Gasteiger partial charge on any atom is 0.149 e. The Kier molecular flexibility index (Phi) is 4.73. The smallest absolute Gasteiger partial charge is 0.149 e. The number of hydrogen-bond acceptors (Lipinski definition) is 2. The molecule has 0 rings (SSSR count). The number of aliphatic imine (C=N–C) groups is 2. The largest absolute Gasteiger partial charge is 0.309 e. The molecule has 0 radical (unpaired) electrons. The minimum Gasteiger partial charge on any atom is -0.309 e. The van der Waals surface area contributed by atoms with E-state index in [1.54, 1.807) is 37.6 Å². The van der Waals surface area contributed by atoms with Crippen LogP contribution in [0.4, 0.5) is 0 Å². The van der Waals surface area contributed by atoms with E-state index in [1.807, 2.05) is 0 Å². The molecule has 0 spiro atoms. The molecule has 0 aromatic heterocycles. The summed E-state index contributed by atoms with van der Waals surface area (Å²) in [4.78, 5) is 9.49. The Morgan fingerprint density at radius 1 is 1.27 bits per heavy atom. The Hall–Kier alpha value is -1.38. The van der Waals surface area contributed by atoms with Crippen molar-refractivity contribution >= 4 is 12.1 Å². The Morgan fingerprint density at radius 3 is 2.09 bits per heavy atom. The predicted octanol–water partition coefficient (Wildman–Crippen LogP) is 1.30. The van der Waals surface area contributed by atoms with Crippen molar-refractivity contribution in [1.82, 2.24) is 4.90 Å². The zero-order valence-corrected chi connectivity index (χ0v) is 6.99. The second-order valence-corrected chi connectivity index (χ2v) is 1.74. The minimum absolute atomic E-state index is 0.720. The molecule has 0 aromatic carbocycles. The lowest BCUT2D eigenvalue weighted by Crippen LogP contribution is -2.20. The molecule has 11 heavy (non-hydrogen) atoms. The Balaban J connectivity index is 4.47. The lowest BCUT2D eigenvalue weighted by Gasteiger charge is -2.12. The topological polar surface area (TPSA) is 28.0 Å². The van der Waals surface area contributed by atoms with E-state index < -0.39 is 0 Å². The van der Waals surface area contributed by atoms with Gasteiger partial charge in [0.05, 0.1) is 6.21 Å². The van der Waals surface area contributed by atoms with Gasteiger partial charge in [0.1, 0.15) is 5.84 Å². The van der Waals surface area contributed by atoms with Gasteiger partial charge in [-0.25, -0.2) is 0 Å². The summed E-state index contributed by atoms with van der Waals surface area (Å²) in [6, 6.07) is 0. The summed E-state index contributed by atoms with van der Waals surface area (Å²) >= 11 is 0. The molecule has 0 aliphatic heterocycles. The van der Waals surface area contributed by atoms with Crippen LogP contribution in [0, 0.1) is 0 Å². The van der Waals surface area contributed by atoms with Gasteiger partial charge < -0.3 is 4.90 Å². The van der Waals surface area contributed by atoms with E-state index in [-0.39, 0.29) is 0 Å². The normalized spacial score (nSPS) is 11.6. The lowest BCUT2D eigenvalue weighted by atomic mass is 10.5. The highest BCUT2D eigenvalue weighted by Crippen LogP contribution is 1.90. The lowest BCUT2D eigenvalue weighted by molar-refractivity contribution is 0.775. The quantitative estimate of drug-likeness (QED) is 0.441. The summed E-state index contributed by atoms with van der Waals surface area (Å²) < 4.78 is 0. The van der Waals surface area contributed by atoms with E-state index in [0.717, 1.165) is 5.84 Å². The van der Waals surface area contributed by atoms with Crippen LogP contribution in [0.15, 0.2) is 35.5 Å². The molecule has 3 nitrogen and oxygen atoms in total. The molecule has 0 aliphatic carbocycles. The van der Waals surface area contributed by atoms with Gasteiger partial charge in [0, 0.05) is 26.5 Å². The fourth-order valence-electron chi connectivity index (χ4n) is 0.617. The minimum atomic E-state index is 0.720. The second-order valence-electron chi connectivity index (χ2n) is 1.74. The van der Waals surface area contributed by atoms with Crippen LogP contribution in [-0.4, -0.2) is 31.0 Å². The third-order valence-corrected chi connectivity index (χ3v) is 1.13. The van der Waals surface area contributed by atoms with Gasteiger partial charge in [-0.15, -0.1) is 0 Å². The maximum atomic E-state index is 3.97. The van der Waals surface area contributed by atoms with E-state index in [4.69, 9.17) is 0 Å². The summed E-state index contributed by atoms with van der Waals surface area (Å²) in [6.45, 7) is 7.19. The molecular formula is C8H13N3. The molecule has 3 heteroatoms. The summed E-state index contributed by atoms with van der Waals surface area (Å²) in [5.41, 5.74) is 0. The molecule has 0 aromatic rings. The van der Waals surface area contributed by atoms with Crippen LogP contribution in [0.25, 0.3) is 0 Å². The zero-order chi connectivity index (χ0) is 8.69. The van der Waals surface area contributed by atoms with Crippen LogP contribution >= 0.6 is 0 Å². The standard InChI is InChI=1S/C8H13N3/c1-5-11(6-2)8(10-4)7-9-3/h5-7H,1-2H2,3-4H3/b9-7-,10-8-. The summed E-state index contributed by atoms with van der Waals surface area (Å²) in [7, 11) is 3.38. The van der Waals surface area contributed by atoms with Crippen molar-refractivity contribution in [3.05, 3.63) is 25.6 Å². The summed E-state index contributed by atoms with van der Waals surface area (Å²) in [5, 5.41) is 0. The molecule has 0 heterocycles. The first kappa shape index (κ1) is 9.62. The van der Waals surface area contributed by atoms with Crippen molar-refractivity contribution in [2.45, 2.75) is 0 Å². The van der Waals surface area contributed by atoms with Gasteiger partial charge >= 0.3 is 0 Å². The third-order valence-electron chi connectivity index (χ3n) is 1.13. The van der Waals surface area contributed by atoms with Gasteiger partial charge in [-0.3, -0.25) is 9.98 Å². The molecular weight excluding hydrogens is 138 g/mol. The van der Waals surface area contributed by atoms with E-state index in [1.165, 1.54) is 0 Å². The summed E-state index contributed by atoms with van der Waals surface area (Å²) in [5.74, 6) is 0.720. The second kappa shape index (κ2) is 5.41. The van der Waals surface area contributed by atoms with E-state index in [2.05, 4.69) is 23.1 Å². The number of rotatable bonds is 3. The first-order valence-corrected chi connectivity index (χ1v) is 3.22. The predicted molar refractivity (Wildman–Crippen MR) is 50.0 cm³/mol. The Morgan fingerprint density at radius 2 is 1.82 bits per heavy atom. The zero-order valence-electron chi connectivity index (χ0n) is 6.99. The maximum absolute atomic E-state index is 3.97. The number of hydrogen-bond donors (Lipinski definition) is 0. The highest BCUT2D eigenvalue weighted by Gasteiger charge is 1.97. The fraction of sp³-hybridized carbons (Fsp3) is 0.250. The van der Waals surface area contributed by atoms with Crippen LogP contribution in [0.1, 0.15) is 0 Å². The Bertz CT molecular complexity index is 184. The van der Waals surface area contributed by atoms with Crippen molar-refractivity contribution in [2.24, 2.45) is 9.98 Å². The first-order chi connectivity index (χ1) is 5.29. The fourth-order valence-corrected chi connectivity index (χ4v) is 0.617. The number of amidine groups is 1. The van der Waals surface area contributed by atoms with Crippen molar-refractivity contribution in [3.63, 3.8) is 0 Å². The van der Waals surface area contributed by atoms with Crippen LogP contribution in [-0.2, 0) is 0 Å². The van der Waals surface area contributed by atoms with E-state index >= 15 is 0 Å². The molecule has 0 bridgehead atoms. The molecule has 0 N–H and O–H groups in total. The Labute approximate surface area is 67.5 Å². The molecule has 0 unspecified atom stereocenters. The van der Waals surface area contributed by atoms with Crippen LogP contribution in [0.2, 0.25) is 0 Å². The van der Waals surface area contributed by atoms with Gasteiger partial charge in [-0.1, -0.05) is 13.2 Å². The van der Waals surface area contributed by atoms with Gasteiger partial charge in [0.25, 0.3) is 0 Å². The average Bonchev–Trinajstić information content (AvgIpc) is 2.05. The molecule has 60 valence electrons. The highest BCUT2D eigenvalue weighted by atomic mass is 15.2. The third kappa shape index (κ3) is 2.80. The molecule has 0 aliphatic rings. The van der Waals surface area contributed by atoms with E-state index in [9.17, 15) is 0 Å². The van der Waals surface area contributed by atoms with Gasteiger partial charge in [0.15, 0.2) is 0 Å². The molecule has 0 saturated carbocycles. The van der Waals surface area contributed by atoms with Crippen LogP contribution < -0.4 is 0 Å². The highest BCUT2D eigenvalue weighted by molar-refractivity contribution is 6.29. The van der Waals surface area contributed by atoms with Crippen molar-refractivity contribution < 1.29 is 0 Å². The van der Waals surface area contributed by atoms with Gasteiger partial charge in [-0.2, -0.15) is 0 Å². The molecule has 0 saturated heterocycles. The monoisotopic (exact) mass is 151 g/mol. The van der Waals surface area contributed by atoms with Crippen molar-refractivity contribution in [2.75, 3.05) is 14.1 Å². The van der Waals surface area contributed by atoms with Gasteiger partial charge in [-0.05, 0) is 0 Å². The van der Waals surface area contributed by atoms with Crippen LogP contribution in [0.3, 0.4) is 0 Å². The average molecular weight is 151 g/mol. The van der Waals surface area contributed by atoms with Gasteiger partial charge in [0.2, 0.25) is 0 Å². The first-order valence-electron chi connectivity index (χ1n) is 3.22. The van der Waals surface area contributed by atoms with Crippen LogP contribution in [0.5, 0.6) is 0 Å². The molecule has 0 amide bonds. The molecule has 0 atom stereocenters. The van der Waals surface area contributed by atoms with Crippen molar-refractivity contribution in [3.8, 4) is 0 Å². The number of nitrogens with zero attached hydrogens (tertiary/aromatic N) is 3. The van der Waals surface area contributed by atoms with Crippen molar-refractivity contribution in [1.29, 1.82) is 0 Å². The molecule has 0 fully saturated rings.